The van der Waals surface area contributed by atoms with E-state index in [1.54, 1.807) is 6.07 Å². The van der Waals surface area contributed by atoms with Gasteiger partial charge < -0.3 is 10.6 Å². The van der Waals surface area contributed by atoms with Crippen LogP contribution in [0.4, 0.5) is 5.69 Å². The second-order valence-electron chi connectivity index (χ2n) is 5.06. The van der Waals surface area contributed by atoms with Crippen molar-refractivity contribution in [2.75, 3.05) is 11.4 Å². The van der Waals surface area contributed by atoms with Crippen LogP contribution >= 0.6 is 11.6 Å². The van der Waals surface area contributed by atoms with Crippen molar-refractivity contribution < 1.29 is 0 Å². The third-order valence-corrected chi connectivity index (χ3v) is 4.20. The number of hydrogen-bond acceptors (Lipinski definition) is 2. The highest BCUT2D eigenvalue weighted by atomic mass is 35.5. The Balaban J connectivity index is 2.01. The van der Waals surface area contributed by atoms with Gasteiger partial charge in [-0.1, -0.05) is 11.6 Å². The summed E-state index contributed by atoms with van der Waals surface area (Å²) in [6.07, 6.45) is 3.88. The molecule has 3 N–H and O–H groups in total. The highest BCUT2D eigenvalue weighted by molar-refractivity contribution is 6.31. The van der Waals surface area contributed by atoms with Crippen LogP contribution in [0.1, 0.15) is 24.8 Å². The molecular weight excluding hydrogens is 234 g/mol. The lowest BCUT2D eigenvalue weighted by atomic mass is 10.1. The Hall–Kier alpha value is -1.22. The Bertz CT molecular complexity index is 472. The van der Waals surface area contributed by atoms with E-state index < -0.39 is 0 Å². The topological polar surface area (TPSA) is 53.1 Å². The number of hydrogen-bond donors (Lipinski definition) is 2. The molecule has 2 atom stereocenters. The van der Waals surface area contributed by atoms with Crippen molar-refractivity contribution in [3.05, 3.63) is 28.8 Å². The molecule has 1 aromatic carbocycles. The van der Waals surface area contributed by atoms with Crippen LogP contribution in [0.2, 0.25) is 5.02 Å². The monoisotopic (exact) mass is 249 g/mol. The van der Waals surface area contributed by atoms with Crippen LogP contribution in [0, 0.1) is 11.3 Å². The Kier molecular flexibility index (Phi) is 2.51. The molecule has 0 aromatic heterocycles. The van der Waals surface area contributed by atoms with Gasteiger partial charge in [-0.3, -0.25) is 5.41 Å². The molecule has 1 aliphatic heterocycles. The molecule has 1 saturated heterocycles. The van der Waals surface area contributed by atoms with E-state index in [0.717, 1.165) is 23.7 Å². The van der Waals surface area contributed by atoms with Gasteiger partial charge in [0.2, 0.25) is 0 Å². The van der Waals surface area contributed by atoms with Crippen molar-refractivity contribution in [2.24, 2.45) is 11.7 Å². The summed E-state index contributed by atoms with van der Waals surface area (Å²) in [6, 6.07) is 6.22. The van der Waals surface area contributed by atoms with Crippen LogP contribution in [-0.2, 0) is 0 Å². The van der Waals surface area contributed by atoms with Gasteiger partial charge in [-0.2, -0.15) is 0 Å². The Morgan fingerprint density at radius 2 is 2.24 bits per heavy atom. The molecular formula is C13H16ClN3. The molecule has 3 nitrogen and oxygen atoms in total. The predicted octanol–water partition coefficient (Wildman–Crippen LogP) is 2.61. The van der Waals surface area contributed by atoms with Crippen molar-refractivity contribution in [1.82, 2.24) is 0 Å². The average Bonchev–Trinajstić information content (AvgIpc) is 2.90. The minimum absolute atomic E-state index is 0.124. The van der Waals surface area contributed by atoms with E-state index >= 15 is 0 Å². The van der Waals surface area contributed by atoms with Crippen molar-refractivity contribution in [2.45, 2.75) is 25.3 Å². The maximum atomic E-state index is 7.65. The smallest absolute Gasteiger partial charge is 0.124 e. The Morgan fingerprint density at radius 1 is 1.41 bits per heavy atom. The number of anilines is 1. The fourth-order valence-electron chi connectivity index (χ4n) is 3.19. The SMILES string of the molecule is N=C(N)c1ccc(Cl)cc1N1CC2CCC1C2. The third-order valence-electron chi connectivity index (χ3n) is 3.97. The van der Waals surface area contributed by atoms with Crippen LogP contribution < -0.4 is 10.6 Å². The standard InChI is InChI=1S/C13H16ClN3/c14-9-2-4-11(13(15)16)12(6-9)17-7-8-1-3-10(17)5-8/h2,4,6,8,10H,1,3,5,7H2,(H3,15,16). The van der Waals surface area contributed by atoms with Crippen LogP contribution in [0.25, 0.3) is 0 Å². The molecule has 17 heavy (non-hydrogen) atoms. The zero-order valence-corrected chi connectivity index (χ0v) is 10.4. The van der Waals surface area contributed by atoms with Crippen LogP contribution in [0.5, 0.6) is 0 Å². The second-order valence-corrected chi connectivity index (χ2v) is 5.50. The number of piperidine rings is 1. The van der Waals surface area contributed by atoms with Gasteiger partial charge in [-0.05, 0) is 43.4 Å². The number of amidine groups is 1. The highest BCUT2D eigenvalue weighted by Gasteiger charge is 2.38. The molecule has 90 valence electrons. The fraction of sp³-hybridized carbons (Fsp3) is 0.462. The minimum atomic E-state index is 0.124. The van der Waals surface area contributed by atoms with Gasteiger partial charge in [0.05, 0.1) is 0 Å². The maximum absolute atomic E-state index is 7.65. The number of nitrogens with one attached hydrogen (secondary N) is 1. The largest absolute Gasteiger partial charge is 0.384 e. The molecule has 1 heterocycles. The summed E-state index contributed by atoms with van der Waals surface area (Å²) in [7, 11) is 0. The van der Waals surface area contributed by atoms with Gasteiger partial charge in [-0.15, -0.1) is 0 Å². The van der Waals surface area contributed by atoms with E-state index in [-0.39, 0.29) is 5.84 Å². The quantitative estimate of drug-likeness (QED) is 0.625. The molecule has 0 spiro atoms. The van der Waals surface area contributed by atoms with E-state index in [0.29, 0.717) is 11.1 Å². The molecule has 1 saturated carbocycles. The summed E-state index contributed by atoms with van der Waals surface area (Å²) >= 11 is 6.06. The summed E-state index contributed by atoms with van der Waals surface area (Å²) in [6.45, 7) is 1.09. The zero-order valence-electron chi connectivity index (χ0n) is 9.62. The van der Waals surface area contributed by atoms with Gasteiger partial charge in [-0.25, -0.2) is 0 Å². The zero-order chi connectivity index (χ0) is 12.0. The maximum Gasteiger partial charge on any atom is 0.124 e. The van der Waals surface area contributed by atoms with Crippen molar-refractivity contribution in [1.29, 1.82) is 5.41 Å². The Morgan fingerprint density at radius 3 is 2.82 bits per heavy atom. The predicted molar refractivity (Wildman–Crippen MR) is 70.9 cm³/mol. The van der Waals surface area contributed by atoms with Crippen LogP contribution in [-0.4, -0.2) is 18.4 Å². The number of benzene rings is 1. The lowest BCUT2D eigenvalue weighted by molar-refractivity contribution is 0.553. The summed E-state index contributed by atoms with van der Waals surface area (Å²) in [5.74, 6) is 0.943. The lowest BCUT2D eigenvalue weighted by Gasteiger charge is -2.31. The number of rotatable bonds is 2. The second kappa shape index (κ2) is 3.91. The lowest BCUT2D eigenvalue weighted by Crippen LogP contribution is -2.33. The molecule has 1 aliphatic carbocycles. The summed E-state index contributed by atoms with van der Waals surface area (Å²) < 4.78 is 0. The molecule has 3 rings (SSSR count). The molecule has 2 aliphatic rings. The van der Waals surface area contributed by atoms with E-state index in [1.165, 1.54) is 19.3 Å². The first kappa shape index (κ1) is 10.9. The van der Waals surface area contributed by atoms with Gasteiger partial charge >= 0.3 is 0 Å². The summed E-state index contributed by atoms with van der Waals surface area (Å²) in [5.41, 5.74) is 7.49. The average molecular weight is 250 g/mol. The van der Waals surface area contributed by atoms with Crippen molar-refractivity contribution in [3.8, 4) is 0 Å². The van der Waals surface area contributed by atoms with Gasteiger partial charge in [0, 0.05) is 28.9 Å². The van der Waals surface area contributed by atoms with Gasteiger partial charge in [0.15, 0.2) is 0 Å². The molecule has 2 fully saturated rings. The first-order chi connectivity index (χ1) is 8.15. The van der Waals surface area contributed by atoms with Gasteiger partial charge in [0.1, 0.15) is 5.84 Å². The number of nitrogen functional groups attached to an aromatic ring is 1. The molecule has 1 aromatic rings. The minimum Gasteiger partial charge on any atom is -0.384 e. The number of nitrogens with zero attached hydrogens (tertiary/aromatic N) is 1. The first-order valence-corrected chi connectivity index (χ1v) is 6.43. The van der Waals surface area contributed by atoms with Crippen LogP contribution in [0.3, 0.4) is 0 Å². The van der Waals surface area contributed by atoms with E-state index in [2.05, 4.69) is 4.90 Å². The molecule has 0 radical (unpaired) electrons. The highest BCUT2D eigenvalue weighted by Crippen LogP contribution is 2.41. The molecule has 0 amide bonds. The van der Waals surface area contributed by atoms with Crippen LogP contribution in [0.15, 0.2) is 18.2 Å². The first-order valence-electron chi connectivity index (χ1n) is 6.05. The van der Waals surface area contributed by atoms with Gasteiger partial charge in [0.25, 0.3) is 0 Å². The number of halogens is 1. The van der Waals surface area contributed by atoms with Crippen molar-refractivity contribution in [3.63, 3.8) is 0 Å². The normalized spacial score (nSPS) is 26.5. The number of nitrogens with two attached hydrogens (primary N) is 1. The van der Waals surface area contributed by atoms with E-state index in [9.17, 15) is 0 Å². The fourth-order valence-corrected chi connectivity index (χ4v) is 3.36. The summed E-state index contributed by atoms with van der Waals surface area (Å²) in [4.78, 5) is 2.39. The Labute approximate surface area is 106 Å². The van der Waals surface area contributed by atoms with E-state index in [4.69, 9.17) is 22.7 Å². The number of fused-ring (bicyclic) bond motifs is 2. The molecule has 2 unspecified atom stereocenters. The van der Waals surface area contributed by atoms with Crippen molar-refractivity contribution >= 4 is 23.1 Å². The molecule has 4 heteroatoms. The third kappa shape index (κ3) is 1.78. The summed E-state index contributed by atoms with van der Waals surface area (Å²) in [5, 5.41) is 8.37. The molecule has 2 bridgehead atoms. The van der Waals surface area contributed by atoms with E-state index in [1.807, 2.05) is 12.1 Å².